The summed E-state index contributed by atoms with van der Waals surface area (Å²) in [6.07, 6.45) is 0. The van der Waals surface area contributed by atoms with E-state index < -0.39 is 0 Å². The minimum atomic E-state index is 1.23. The molecule has 204 valence electrons. The lowest BCUT2D eigenvalue weighted by Gasteiger charge is -2.16. The first kappa shape index (κ1) is 24.8. The largest absolute Gasteiger partial charge is 0.0622 e. The fourth-order valence-electron chi connectivity index (χ4n) is 7.13. The van der Waals surface area contributed by atoms with Crippen molar-refractivity contribution >= 4 is 53.9 Å². The summed E-state index contributed by atoms with van der Waals surface area (Å²) in [6, 6.07) is 62.3. The van der Waals surface area contributed by atoms with Crippen molar-refractivity contribution in [2.75, 3.05) is 0 Å². The van der Waals surface area contributed by atoms with E-state index in [0.717, 1.165) is 0 Å². The lowest BCUT2D eigenvalue weighted by atomic mass is 9.87. The van der Waals surface area contributed by atoms with Crippen LogP contribution in [0.25, 0.3) is 87.2 Å². The molecule has 9 aromatic carbocycles. The molecule has 9 rings (SSSR count). The second-order valence-electron chi connectivity index (χ2n) is 11.7. The number of fused-ring (bicyclic) bond motifs is 8. The molecule has 0 heterocycles. The first-order chi connectivity index (χ1) is 21.8. The van der Waals surface area contributed by atoms with Crippen LogP contribution >= 0.6 is 0 Å². The molecule has 9 aromatic rings. The Balaban J connectivity index is 1.26. The molecule has 0 heteroatoms. The molecule has 44 heavy (non-hydrogen) atoms. The topological polar surface area (TPSA) is 0 Å². The average Bonchev–Trinajstić information content (AvgIpc) is 3.11. The summed E-state index contributed by atoms with van der Waals surface area (Å²) in [5.74, 6) is 0. The third-order valence-corrected chi connectivity index (χ3v) is 9.20. The van der Waals surface area contributed by atoms with Crippen molar-refractivity contribution in [2.45, 2.75) is 0 Å². The van der Waals surface area contributed by atoms with Gasteiger partial charge in [-0.2, -0.15) is 0 Å². The van der Waals surface area contributed by atoms with Crippen LogP contribution in [-0.4, -0.2) is 0 Å². The van der Waals surface area contributed by atoms with Gasteiger partial charge in [-0.25, -0.2) is 0 Å². The minimum Gasteiger partial charge on any atom is -0.0622 e. The maximum Gasteiger partial charge on any atom is -0.00259 e. The van der Waals surface area contributed by atoms with Crippen LogP contribution in [0.1, 0.15) is 0 Å². The van der Waals surface area contributed by atoms with Gasteiger partial charge in [-0.15, -0.1) is 0 Å². The van der Waals surface area contributed by atoms with E-state index >= 15 is 0 Å². The first-order valence-electron chi connectivity index (χ1n) is 15.3. The van der Waals surface area contributed by atoms with Gasteiger partial charge in [0.2, 0.25) is 0 Å². The predicted octanol–water partition coefficient (Wildman–Crippen LogP) is 12.5. The molecule has 0 fully saturated rings. The summed E-state index contributed by atoms with van der Waals surface area (Å²) in [6.45, 7) is 0. The molecule has 0 aromatic heterocycles. The van der Waals surface area contributed by atoms with E-state index in [0.29, 0.717) is 0 Å². The van der Waals surface area contributed by atoms with Crippen LogP contribution in [0, 0.1) is 0 Å². The summed E-state index contributed by atoms with van der Waals surface area (Å²) >= 11 is 0. The molecule has 0 amide bonds. The SMILES string of the molecule is c1ccc(-c2cc3cc(-c4cccc(-c5ccc6c(ccc7ccccc76)c5)c4)c4ccccc4c3c3ccccc23)cc1. The molecule has 0 atom stereocenters. The molecule has 0 nitrogen and oxygen atoms in total. The van der Waals surface area contributed by atoms with E-state index in [-0.39, 0.29) is 0 Å². The Morgan fingerprint density at radius 3 is 1.50 bits per heavy atom. The highest BCUT2D eigenvalue weighted by molar-refractivity contribution is 6.25. The second-order valence-corrected chi connectivity index (χ2v) is 11.7. The maximum absolute atomic E-state index is 2.40. The lowest BCUT2D eigenvalue weighted by molar-refractivity contribution is 1.63. The molecule has 0 aliphatic carbocycles. The van der Waals surface area contributed by atoms with Crippen LogP contribution in [0.5, 0.6) is 0 Å². The molecular formula is C44H28. The van der Waals surface area contributed by atoms with E-state index in [2.05, 4.69) is 170 Å². The van der Waals surface area contributed by atoms with Gasteiger partial charge in [-0.1, -0.05) is 146 Å². The van der Waals surface area contributed by atoms with Gasteiger partial charge in [-0.05, 0) is 112 Å². The molecule has 0 saturated heterocycles. The van der Waals surface area contributed by atoms with Gasteiger partial charge in [-0.3, -0.25) is 0 Å². The Labute approximate surface area is 256 Å². The zero-order valence-corrected chi connectivity index (χ0v) is 24.2. The third-order valence-electron chi connectivity index (χ3n) is 9.20. The number of hydrogen-bond donors (Lipinski definition) is 0. The van der Waals surface area contributed by atoms with Crippen molar-refractivity contribution < 1.29 is 0 Å². The molecule has 0 spiro atoms. The molecule has 0 saturated carbocycles. The Morgan fingerprint density at radius 1 is 0.227 bits per heavy atom. The molecule has 0 unspecified atom stereocenters. The summed E-state index contributed by atoms with van der Waals surface area (Å²) < 4.78 is 0. The van der Waals surface area contributed by atoms with Gasteiger partial charge >= 0.3 is 0 Å². The van der Waals surface area contributed by atoms with Crippen LogP contribution in [-0.2, 0) is 0 Å². The number of hydrogen-bond acceptors (Lipinski definition) is 0. The van der Waals surface area contributed by atoms with E-state index in [1.165, 1.54) is 87.2 Å². The predicted molar refractivity (Wildman–Crippen MR) is 190 cm³/mol. The van der Waals surface area contributed by atoms with Crippen LogP contribution in [0.15, 0.2) is 170 Å². The Morgan fingerprint density at radius 2 is 0.750 bits per heavy atom. The maximum atomic E-state index is 2.40. The van der Waals surface area contributed by atoms with E-state index in [1.807, 2.05) is 0 Å². The molecule has 0 N–H and O–H groups in total. The second kappa shape index (κ2) is 9.93. The summed E-state index contributed by atoms with van der Waals surface area (Å²) in [5.41, 5.74) is 7.46. The minimum absolute atomic E-state index is 1.23. The van der Waals surface area contributed by atoms with Crippen molar-refractivity contribution in [3.05, 3.63) is 170 Å². The molecule has 0 aliphatic heterocycles. The zero-order valence-electron chi connectivity index (χ0n) is 24.2. The summed E-state index contributed by atoms with van der Waals surface area (Å²) in [5, 5.41) is 12.9. The average molecular weight is 557 g/mol. The zero-order chi connectivity index (χ0) is 29.0. The first-order valence-corrected chi connectivity index (χ1v) is 15.3. The Hall–Kier alpha value is -5.72. The highest BCUT2D eigenvalue weighted by Gasteiger charge is 2.15. The fraction of sp³-hybridized carbons (Fsp3) is 0. The van der Waals surface area contributed by atoms with Crippen LogP contribution in [0.4, 0.5) is 0 Å². The van der Waals surface area contributed by atoms with Crippen LogP contribution < -0.4 is 0 Å². The molecule has 0 radical (unpaired) electrons. The van der Waals surface area contributed by atoms with E-state index in [1.54, 1.807) is 0 Å². The van der Waals surface area contributed by atoms with Gasteiger partial charge < -0.3 is 0 Å². The van der Waals surface area contributed by atoms with Crippen molar-refractivity contribution in [1.82, 2.24) is 0 Å². The van der Waals surface area contributed by atoms with Crippen LogP contribution in [0.2, 0.25) is 0 Å². The molecule has 0 aliphatic rings. The fourth-order valence-corrected chi connectivity index (χ4v) is 7.13. The van der Waals surface area contributed by atoms with Crippen molar-refractivity contribution in [1.29, 1.82) is 0 Å². The highest BCUT2D eigenvalue weighted by atomic mass is 14.2. The van der Waals surface area contributed by atoms with Crippen molar-refractivity contribution in [2.24, 2.45) is 0 Å². The number of rotatable bonds is 3. The van der Waals surface area contributed by atoms with Crippen molar-refractivity contribution in [3.63, 3.8) is 0 Å². The quantitative estimate of drug-likeness (QED) is 0.190. The summed E-state index contributed by atoms with van der Waals surface area (Å²) in [4.78, 5) is 0. The van der Waals surface area contributed by atoms with Gasteiger partial charge in [0.05, 0.1) is 0 Å². The van der Waals surface area contributed by atoms with Gasteiger partial charge in [0, 0.05) is 0 Å². The number of benzene rings is 9. The third kappa shape index (κ3) is 3.92. The Kier molecular flexibility index (Phi) is 5.61. The van der Waals surface area contributed by atoms with E-state index in [9.17, 15) is 0 Å². The van der Waals surface area contributed by atoms with Gasteiger partial charge in [0.15, 0.2) is 0 Å². The van der Waals surface area contributed by atoms with Gasteiger partial charge in [0.25, 0.3) is 0 Å². The smallest absolute Gasteiger partial charge is 0.00259 e. The highest BCUT2D eigenvalue weighted by Crippen LogP contribution is 2.42. The van der Waals surface area contributed by atoms with E-state index in [4.69, 9.17) is 0 Å². The molecular weight excluding hydrogens is 528 g/mol. The lowest BCUT2D eigenvalue weighted by Crippen LogP contribution is -1.89. The Bertz CT molecular complexity index is 2540. The normalized spacial score (nSPS) is 11.6. The van der Waals surface area contributed by atoms with Gasteiger partial charge in [0.1, 0.15) is 0 Å². The van der Waals surface area contributed by atoms with Crippen molar-refractivity contribution in [3.8, 4) is 33.4 Å². The standard InChI is InChI=1S/C44H28/c1-2-11-29(12-3-1)42-27-35-28-43(39-18-7-9-20-41(39)44(35)40-19-8-6-17-38(40)42)33-15-10-14-31(25-33)32-23-24-37-34(26-32)22-21-30-13-4-5-16-36(30)37/h1-28H. The summed E-state index contributed by atoms with van der Waals surface area (Å²) in [7, 11) is 0. The molecule has 0 bridgehead atoms. The van der Waals surface area contributed by atoms with Crippen LogP contribution in [0.3, 0.4) is 0 Å². The monoisotopic (exact) mass is 556 g/mol.